The second kappa shape index (κ2) is 2.75. The summed E-state index contributed by atoms with van der Waals surface area (Å²) in [5, 5.41) is 0. The number of rotatable bonds is 1. The monoisotopic (exact) mass is 180 g/mol. The van der Waals surface area contributed by atoms with Gasteiger partial charge in [0.15, 0.2) is 0 Å². The highest BCUT2D eigenvalue weighted by molar-refractivity contribution is 5.83. The van der Waals surface area contributed by atoms with E-state index in [2.05, 4.69) is 0 Å². The number of halogens is 3. The van der Waals surface area contributed by atoms with E-state index in [1.54, 1.807) is 0 Å². The Bertz CT molecular complexity index is 189. The fourth-order valence-electron chi connectivity index (χ4n) is 1.81. The van der Waals surface area contributed by atoms with Crippen molar-refractivity contribution in [3.8, 4) is 0 Å². The largest absolute Gasteiger partial charge is 0.401 e. The molecule has 1 nitrogen and oxygen atoms in total. The minimum atomic E-state index is -4.35. The van der Waals surface area contributed by atoms with Crippen LogP contribution in [-0.4, -0.2) is 12.0 Å². The fourth-order valence-corrected chi connectivity index (χ4v) is 1.81. The lowest BCUT2D eigenvalue weighted by Gasteiger charge is -2.28. The van der Waals surface area contributed by atoms with Crippen molar-refractivity contribution in [1.82, 2.24) is 0 Å². The summed E-state index contributed by atoms with van der Waals surface area (Å²) >= 11 is 0. The van der Waals surface area contributed by atoms with Gasteiger partial charge in [-0.25, -0.2) is 0 Å². The van der Waals surface area contributed by atoms with Crippen LogP contribution in [0.5, 0.6) is 0 Å². The van der Waals surface area contributed by atoms with E-state index in [9.17, 15) is 18.0 Å². The maximum atomic E-state index is 12.4. The Morgan fingerprint density at radius 1 is 1.25 bits per heavy atom. The summed E-state index contributed by atoms with van der Waals surface area (Å²) in [4.78, 5) is 10.9. The van der Waals surface area contributed by atoms with Crippen molar-refractivity contribution in [2.75, 3.05) is 0 Å². The number of hydrogen-bond acceptors (Lipinski definition) is 1. The molecule has 0 saturated heterocycles. The van der Waals surface area contributed by atoms with Gasteiger partial charge in [-0.15, -0.1) is 0 Å². The normalized spacial score (nSPS) is 22.7. The Morgan fingerprint density at radius 2 is 1.67 bits per heavy atom. The Labute approximate surface area is 68.9 Å². The van der Waals surface area contributed by atoms with E-state index < -0.39 is 17.4 Å². The molecule has 1 aliphatic rings. The minimum Gasteiger partial charge on any atom is -0.299 e. The molecule has 0 amide bonds. The molecule has 0 unspecified atom stereocenters. The highest BCUT2D eigenvalue weighted by atomic mass is 19.4. The molecule has 0 aliphatic heterocycles. The molecule has 0 atom stereocenters. The molecule has 0 spiro atoms. The zero-order chi connectivity index (χ0) is 9.41. The Hall–Kier alpha value is -0.540. The van der Waals surface area contributed by atoms with Gasteiger partial charge in [0, 0.05) is 0 Å². The van der Waals surface area contributed by atoms with Crippen molar-refractivity contribution < 1.29 is 18.0 Å². The molecule has 0 heterocycles. The highest BCUT2D eigenvalue weighted by Gasteiger charge is 2.58. The number of carbonyl (C=O) groups is 1. The summed E-state index contributed by atoms with van der Waals surface area (Å²) in [5.41, 5.74) is -2.01. The third kappa shape index (κ3) is 1.23. The molecule has 4 heteroatoms. The van der Waals surface area contributed by atoms with Crippen LogP contribution < -0.4 is 0 Å². The number of ketones is 1. The number of Topliss-reactive ketones (excluding diaryl/α,β-unsaturated/α-hetero) is 1. The first-order chi connectivity index (χ1) is 5.40. The molecule has 1 aliphatic carbocycles. The molecule has 1 rings (SSSR count). The van der Waals surface area contributed by atoms with Crippen LogP contribution in [0.1, 0.15) is 32.6 Å². The summed E-state index contributed by atoms with van der Waals surface area (Å²) in [6, 6.07) is 0. The third-order valence-electron chi connectivity index (χ3n) is 2.67. The van der Waals surface area contributed by atoms with Gasteiger partial charge in [0.25, 0.3) is 0 Å². The van der Waals surface area contributed by atoms with Gasteiger partial charge in [0.05, 0.1) is 0 Å². The molecular weight excluding hydrogens is 169 g/mol. The van der Waals surface area contributed by atoms with Crippen LogP contribution in [0.3, 0.4) is 0 Å². The van der Waals surface area contributed by atoms with Gasteiger partial charge in [-0.3, -0.25) is 4.79 Å². The summed E-state index contributed by atoms with van der Waals surface area (Å²) in [5.74, 6) is -0.729. The van der Waals surface area contributed by atoms with Crippen LogP contribution in [0.2, 0.25) is 0 Å². The zero-order valence-corrected chi connectivity index (χ0v) is 6.87. The molecule has 0 radical (unpaired) electrons. The first-order valence-corrected chi connectivity index (χ1v) is 3.98. The first kappa shape index (κ1) is 9.55. The van der Waals surface area contributed by atoms with E-state index in [-0.39, 0.29) is 12.8 Å². The summed E-state index contributed by atoms with van der Waals surface area (Å²) in [6.07, 6.45) is -3.37. The van der Waals surface area contributed by atoms with Crippen LogP contribution in [0.25, 0.3) is 0 Å². The first-order valence-electron chi connectivity index (χ1n) is 3.98. The average Bonchev–Trinajstić information content (AvgIpc) is 2.31. The molecular formula is C8H11F3O. The van der Waals surface area contributed by atoms with E-state index in [0.29, 0.717) is 12.8 Å². The molecule has 0 aromatic carbocycles. The van der Waals surface area contributed by atoms with Crippen LogP contribution in [0.15, 0.2) is 0 Å². The van der Waals surface area contributed by atoms with Crippen molar-refractivity contribution >= 4 is 5.78 Å². The van der Waals surface area contributed by atoms with Gasteiger partial charge >= 0.3 is 6.18 Å². The molecule has 12 heavy (non-hydrogen) atoms. The topological polar surface area (TPSA) is 17.1 Å². The Balaban J connectivity index is 2.94. The molecule has 0 bridgehead atoms. The van der Waals surface area contributed by atoms with Crippen LogP contribution in [0.4, 0.5) is 13.2 Å². The lowest BCUT2D eigenvalue weighted by Crippen LogP contribution is -2.41. The smallest absolute Gasteiger partial charge is 0.299 e. The second-order valence-electron chi connectivity index (χ2n) is 3.34. The lowest BCUT2D eigenvalue weighted by atomic mass is 9.81. The van der Waals surface area contributed by atoms with Crippen LogP contribution >= 0.6 is 0 Å². The van der Waals surface area contributed by atoms with Crippen molar-refractivity contribution in [1.29, 1.82) is 0 Å². The molecule has 0 aromatic heterocycles. The number of carbonyl (C=O) groups excluding carboxylic acids is 1. The second-order valence-corrected chi connectivity index (χ2v) is 3.34. The SMILES string of the molecule is CC(=O)C1(C(F)(F)F)CCCC1. The molecule has 0 N–H and O–H groups in total. The Morgan fingerprint density at radius 3 is 1.83 bits per heavy atom. The third-order valence-corrected chi connectivity index (χ3v) is 2.67. The lowest BCUT2D eigenvalue weighted by molar-refractivity contribution is -0.217. The maximum absolute atomic E-state index is 12.4. The maximum Gasteiger partial charge on any atom is 0.401 e. The zero-order valence-electron chi connectivity index (χ0n) is 6.87. The van der Waals surface area contributed by atoms with E-state index in [0.717, 1.165) is 6.92 Å². The van der Waals surface area contributed by atoms with Gasteiger partial charge in [-0.1, -0.05) is 12.8 Å². The summed E-state index contributed by atoms with van der Waals surface area (Å²) < 4.78 is 37.3. The number of alkyl halides is 3. The number of hydrogen-bond donors (Lipinski definition) is 0. The van der Waals surface area contributed by atoms with Gasteiger partial charge in [0.1, 0.15) is 11.2 Å². The van der Waals surface area contributed by atoms with Gasteiger partial charge in [-0.05, 0) is 19.8 Å². The predicted molar refractivity (Wildman–Crippen MR) is 37.6 cm³/mol. The van der Waals surface area contributed by atoms with E-state index >= 15 is 0 Å². The molecule has 70 valence electrons. The van der Waals surface area contributed by atoms with Crippen molar-refractivity contribution in [3.63, 3.8) is 0 Å². The Kier molecular flexibility index (Phi) is 2.19. The summed E-state index contributed by atoms with van der Waals surface area (Å²) in [7, 11) is 0. The quantitative estimate of drug-likeness (QED) is 0.606. The van der Waals surface area contributed by atoms with Crippen LogP contribution in [0, 0.1) is 5.41 Å². The van der Waals surface area contributed by atoms with E-state index in [1.165, 1.54) is 0 Å². The van der Waals surface area contributed by atoms with E-state index in [1.807, 2.05) is 0 Å². The fraction of sp³-hybridized carbons (Fsp3) is 0.875. The van der Waals surface area contributed by atoms with Crippen molar-refractivity contribution in [3.05, 3.63) is 0 Å². The minimum absolute atomic E-state index is 0.0220. The van der Waals surface area contributed by atoms with Crippen molar-refractivity contribution in [2.45, 2.75) is 38.8 Å². The van der Waals surface area contributed by atoms with Crippen molar-refractivity contribution in [2.24, 2.45) is 5.41 Å². The molecule has 1 saturated carbocycles. The van der Waals surface area contributed by atoms with Crippen LogP contribution in [-0.2, 0) is 4.79 Å². The van der Waals surface area contributed by atoms with Gasteiger partial charge in [0.2, 0.25) is 0 Å². The van der Waals surface area contributed by atoms with E-state index in [4.69, 9.17) is 0 Å². The standard InChI is InChI=1S/C8H11F3O/c1-6(12)7(8(9,10)11)4-2-3-5-7/h2-5H2,1H3. The summed E-state index contributed by atoms with van der Waals surface area (Å²) in [6.45, 7) is 1.04. The molecule has 1 fully saturated rings. The van der Waals surface area contributed by atoms with Gasteiger partial charge < -0.3 is 0 Å². The predicted octanol–water partition coefficient (Wildman–Crippen LogP) is 2.70. The average molecular weight is 180 g/mol. The highest BCUT2D eigenvalue weighted by Crippen LogP contribution is 2.50. The molecule has 0 aromatic rings. The van der Waals surface area contributed by atoms with Gasteiger partial charge in [-0.2, -0.15) is 13.2 Å².